The fourth-order valence-electron chi connectivity index (χ4n) is 3.72. The minimum absolute atomic E-state index is 0.0922. The van der Waals surface area contributed by atoms with Crippen molar-refractivity contribution in [1.82, 2.24) is 19.3 Å². The number of para-hydroxylation sites is 2. The van der Waals surface area contributed by atoms with E-state index in [0.29, 0.717) is 5.16 Å². The first-order chi connectivity index (χ1) is 14.5. The number of aryl methyl sites for hydroxylation is 2. The van der Waals surface area contributed by atoms with Crippen molar-refractivity contribution in [3.05, 3.63) is 89.5 Å². The van der Waals surface area contributed by atoms with Crippen molar-refractivity contribution in [2.45, 2.75) is 38.1 Å². The standard InChI is InChI=1S/C24H24N4OS/c1-16-10-8-9-13-22(16)27-15-25-26-24(27)30-19(4)23(29)21-14-17(2)28(18(21)3)20-11-6-5-7-12-20/h5-15,19H,1-4H3/t19-/m1/s1. The number of hydrogen-bond donors (Lipinski definition) is 0. The minimum atomic E-state index is -0.290. The van der Waals surface area contributed by atoms with Gasteiger partial charge >= 0.3 is 0 Å². The smallest absolute Gasteiger partial charge is 0.196 e. The highest BCUT2D eigenvalue weighted by atomic mass is 32.2. The third-order valence-corrected chi connectivity index (χ3v) is 6.31. The molecular formula is C24H24N4OS. The predicted molar refractivity (Wildman–Crippen MR) is 121 cm³/mol. The Hall–Kier alpha value is -3.12. The van der Waals surface area contributed by atoms with Crippen LogP contribution in [0, 0.1) is 20.8 Å². The zero-order valence-electron chi connectivity index (χ0n) is 17.5. The molecule has 2 aromatic heterocycles. The molecule has 1 atom stereocenters. The zero-order chi connectivity index (χ0) is 21.3. The molecule has 2 aromatic carbocycles. The number of ketones is 1. The summed E-state index contributed by atoms with van der Waals surface area (Å²) in [5.41, 5.74) is 5.96. The van der Waals surface area contributed by atoms with Crippen molar-refractivity contribution < 1.29 is 4.79 Å². The van der Waals surface area contributed by atoms with E-state index in [2.05, 4.69) is 39.9 Å². The second-order valence-electron chi connectivity index (χ2n) is 7.35. The van der Waals surface area contributed by atoms with E-state index in [0.717, 1.165) is 33.9 Å². The van der Waals surface area contributed by atoms with Gasteiger partial charge in [-0.05, 0) is 57.5 Å². The van der Waals surface area contributed by atoms with Gasteiger partial charge in [-0.25, -0.2) is 0 Å². The fourth-order valence-corrected chi connectivity index (χ4v) is 4.62. The highest BCUT2D eigenvalue weighted by Crippen LogP contribution is 2.29. The molecule has 0 fully saturated rings. The summed E-state index contributed by atoms with van der Waals surface area (Å²) in [4.78, 5) is 13.3. The molecule has 0 aliphatic carbocycles. The summed E-state index contributed by atoms with van der Waals surface area (Å²) in [6.07, 6.45) is 1.70. The number of aromatic nitrogens is 4. The molecule has 0 saturated heterocycles. The highest BCUT2D eigenvalue weighted by molar-refractivity contribution is 8.00. The van der Waals surface area contributed by atoms with Crippen LogP contribution in [0.25, 0.3) is 11.4 Å². The van der Waals surface area contributed by atoms with E-state index in [-0.39, 0.29) is 11.0 Å². The van der Waals surface area contributed by atoms with Gasteiger partial charge in [-0.3, -0.25) is 9.36 Å². The van der Waals surface area contributed by atoms with Crippen LogP contribution in [0.2, 0.25) is 0 Å². The number of hydrogen-bond acceptors (Lipinski definition) is 4. The Morgan fingerprint density at radius 3 is 2.43 bits per heavy atom. The van der Waals surface area contributed by atoms with E-state index < -0.39 is 0 Å². The Bertz CT molecular complexity index is 1190. The maximum absolute atomic E-state index is 13.3. The summed E-state index contributed by atoms with van der Waals surface area (Å²) >= 11 is 1.43. The molecular weight excluding hydrogens is 392 g/mol. The largest absolute Gasteiger partial charge is 0.318 e. The van der Waals surface area contributed by atoms with Gasteiger partial charge < -0.3 is 4.57 Å². The third-order valence-electron chi connectivity index (χ3n) is 5.25. The number of thioether (sulfide) groups is 1. The Morgan fingerprint density at radius 1 is 1.00 bits per heavy atom. The molecule has 5 nitrogen and oxygen atoms in total. The lowest BCUT2D eigenvalue weighted by molar-refractivity contribution is 0.0993. The van der Waals surface area contributed by atoms with E-state index in [1.807, 2.05) is 67.8 Å². The van der Waals surface area contributed by atoms with Crippen molar-refractivity contribution in [3.8, 4) is 11.4 Å². The lowest BCUT2D eigenvalue weighted by atomic mass is 10.1. The Labute approximate surface area is 180 Å². The van der Waals surface area contributed by atoms with Gasteiger partial charge in [0.25, 0.3) is 0 Å². The Kier molecular flexibility index (Phi) is 5.59. The molecule has 2 heterocycles. The molecule has 0 N–H and O–H groups in total. The molecule has 0 aliphatic rings. The van der Waals surface area contributed by atoms with E-state index in [1.165, 1.54) is 11.8 Å². The molecule has 4 aromatic rings. The molecule has 4 rings (SSSR count). The van der Waals surface area contributed by atoms with E-state index >= 15 is 0 Å². The minimum Gasteiger partial charge on any atom is -0.318 e. The van der Waals surface area contributed by atoms with Gasteiger partial charge in [-0.2, -0.15) is 0 Å². The number of carbonyl (C=O) groups excluding carboxylic acids is 1. The first-order valence-electron chi connectivity index (χ1n) is 9.88. The molecule has 0 aliphatic heterocycles. The lowest BCUT2D eigenvalue weighted by Crippen LogP contribution is -2.15. The summed E-state index contributed by atoms with van der Waals surface area (Å²) < 4.78 is 4.07. The molecule has 6 heteroatoms. The lowest BCUT2D eigenvalue weighted by Gasteiger charge is -2.13. The summed E-state index contributed by atoms with van der Waals surface area (Å²) in [5.74, 6) is 0.0922. The second-order valence-corrected chi connectivity index (χ2v) is 8.66. The van der Waals surface area contributed by atoms with Crippen molar-refractivity contribution in [2.75, 3.05) is 0 Å². The van der Waals surface area contributed by atoms with Crippen LogP contribution in [0.3, 0.4) is 0 Å². The topological polar surface area (TPSA) is 52.7 Å². The normalized spacial score (nSPS) is 12.1. The third kappa shape index (κ3) is 3.71. The number of benzene rings is 2. The summed E-state index contributed by atoms with van der Waals surface area (Å²) in [7, 11) is 0. The van der Waals surface area contributed by atoms with Crippen LogP contribution < -0.4 is 0 Å². The number of carbonyl (C=O) groups is 1. The quantitative estimate of drug-likeness (QED) is 0.314. The van der Waals surface area contributed by atoms with Crippen LogP contribution in [0.4, 0.5) is 0 Å². The first-order valence-corrected chi connectivity index (χ1v) is 10.8. The molecule has 0 radical (unpaired) electrons. The molecule has 0 saturated carbocycles. The zero-order valence-corrected chi connectivity index (χ0v) is 18.4. The van der Waals surface area contributed by atoms with Crippen LogP contribution >= 0.6 is 11.8 Å². The number of rotatable bonds is 6. The van der Waals surface area contributed by atoms with Gasteiger partial charge in [-0.15, -0.1) is 10.2 Å². The van der Waals surface area contributed by atoms with E-state index in [9.17, 15) is 4.79 Å². The van der Waals surface area contributed by atoms with Gasteiger partial charge in [-0.1, -0.05) is 48.2 Å². The molecule has 0 spiro atoms. The van der Waals surface area contributed by atoms with Gasteiger partial charge in [0, 0.05) is 22.6 Å². The van der Waals surface area contributed by atoms with Crippen molar-refractivity contribution in [1.29, 1.82) is 0 Å². The summed E-state index contributed by atoms with van der Waals surface area (Å²) in [6, 6.07) is 20.2. The number of Topliss-reactive ketones (excluding diaryl/α,β-unsaturated/α-hetero) is 1. The predicted octanol–water partition coefficient (Wildman–Crippen LogP) is 5.35. The fraction of sp³-hybridized carbons (Fsp3) is 0.208. The maximum Gasteiger partial charge on any atom is 0.196 e. The maximum atomic E-state index is 13.3. The van der Waals surface area contributed by atoms with Crippen LogP contribution in [-0.4, -0.2) is 30.4 Å². The van der Waals surface area contributed by atoms with Gasteiger partial charge in [0.1, 0.15) is 6.33 Å². The average molecular weight is 417 g/mol. The van der Waals surface area contributed by atoms with Gasteiger partial charge in [0.2, 0.25) is 0 Å². The van der Waals surface area contributed by atoms with E-state index in [4.69, 9.17) is 0 Å². The molecule has 152 valence electrons. The van der Waals surface area contributed by atoms with Crippen molar-refractivity contribution >= 4 is 17.5 Å². The Balaban J connectivity index is 1.61. The van der Waals surface area contributed by atoms with Crippen LogP contribution in [0.5, 0.6) is 0 Å². The average Bonchev–Trinajstić information content (AvgIpc) is 3.32. The van der Waals surface area contributed by atoms with Gasteiger partial charge in [0.05, 0.1) is 10.9 Å². The van der Waals surface area contributed by atoms with Crippen LogP contribution in [0.15, 0.2) is 72.1 Å². The SMILES string of the molecule is Cc1ccccc1-n1cnnc1S[C@H](C)C(=O)c1cc(C)n(-c2ccccc2)c1C. The molecule has 0 amide bonds. The van der Waals surface area contributed by atoms with Crippen molar-refractivity contribution in [3.63, 3.8) is 0 Å². The Morgan fingerprint density at radius 2 is 1.70 bits per heavy atom. The van der Waals surface area contributed by atoms with Crippen LogP contribution in [0.1, 0.15) is 34.2 Å². The monoisotopic (exact) mass is 416 g/mol. The highest BCUT2D eigenvalue weighted by Gasteiger charge is 2.24. The first kappa shape index (κ1) is 20.2. The molecule has 0 unspecified atom stereocenters. The second kappa shape index (κ2) is 8.32. The van der Waals surface area contributed by atoms with Gasteiger partial charge in [0.15, 0.2) is 10.9 Å². The number of nitrogens with zero attached hydrogens (tertiary/aromatic N) is 4. The summed E-state index contributed by atoms with van der Waals surface area (Å²) in [6.45, 7) is 8.01. The molecule has 0 bridgehead atoms. The molecule has 30 heavy (non-hydrogen) atoms. The van der Waals surface area contributed by atoms with Crippen LogP contribution in [-0.2, 0) is 0 Å². The van der Waals surface area contributed by atoms with Crippen molar-refractivity contribution in [2.24, 2.45) is 0 Å². The van der Waals surface area contributed by atoms with E-state index in [1.54, 1.807) is 6.33 Å². The summed E-state index contributed by atoms with van der Waals surface area (Å²) in [5, 5.41) is 8.76.